The molecule has 0 saturated carbocycles. The zero-order valence-electron chi connectivity index (χ0n) is 14.6. The lowest BCUT2D eigenvalue weighted by Crippen LogP contribution is -2.40. The number of hydrogen-bond acceptors (Lipinski definition) is 4. The van der Waals surface area contributed by atoms with Crippen molar-refractivity contribution < 1.29 is 27.1 Å². The Bertz CT molecular complexity index is 951. The number of primary amides is 1. The van der Waals surface area contributed by atoms with Crippen molar-refractivity contribution in [2.24, 2.45) is 11.5 Å². The third kappa shape index (κ3) is 3.29. The van der Waals surface area contributed by atoms with E-state index < -0.39 is 41.5 Å². The number of nitrogens with zero attached hydrogens (tertiary/aromatic N) is 1. The Morgan fingerprint density at radius 1 is 1.39 bits per heavy atom. The maximum atomic E-state index is 14.5. The molecule has 150 valence electrons. The molecule has 5 nitrogen and oxygen atoms in total. The normalized spacial score (nSPS) is 19.8. The van der Waals surface area contributed by atoms with Crippen LogP contribution < -0.4 is 16.2 Å². The van der Waals surface area contributed by atoms with Crippen molar-refractivity contribution in [3.63, 3.8) is 0 Å². The van der Waals surface area contributed by atoms with Crippen LogP contribution in [-0.2, 0) is 10.2 Å². The van der Waals surface area contributed by atoms with Gasteiger partial charge in [0.1, 0.15) is 35.2 Å². The third-order valence-corrected chi connectivity index (χ3v) is 5.05. The molecule has 10 heteroatoms. The molecule has 2 heterocycles. The van der Waals surface area contributed by atoms with Gasteiger partial charge < -0.3 is 16.2 Å². The van der Waals surface area contributed by atoms with Gasteiger partial charge in [0.15, 0.2) is 0 Å². The van der Waals surface area contributed by atoms with Crippen LogP contribution >= 0.6 is 11.6 Å². The number of aromatic nitrogens is 1. The molecule has 28 heavy (non-hydrogen) atoms. The van der Waals surface area contributed by atoms with E-state index in [-0.39, 0.29) is 34.2 Å². The van der Waals surface area contributed by atoms with Crippen molar-refractivity contribution in [1.82, 2.24) is 4.98 Å². The molecule has 1 aromatic heterocycles. The van der Waals surface area contributed by atoms with Gasteiger partial charge in [-0.25, -0.2) is 9.37 Å². The van der Waals surface area contributed by atoms with E-state index in [4.69, 9.17) is 27.8 Å². The highest BCUT2D eigenvalue weighted by molar-refractivity contribution is 6.30. The average molecular weight is 418 g/mol. The SMILES string of the molecule is C[C@]1(C(N)=O)COc2c1cc([C@@H](CN)C(F)(F)F)nc2-c1ccc(Cl)cc1F. The van der Waals surface area contributed by atoms with Gasteiger partial charge in [-0.2, -0.15) is 13.2 Å². The second-order valence-corrected chi connectivity index (χ2v) is 7.15. The number of carbonyl (C=O) groups excluding carboxylic acids is 1. The van der Waals surface area contributed by atoms with Gasteiger partial charge in [0.2, 0.25) is 5.91 Å². The number of amides is 1. The highest BCUT2D eigenvalue weighted by Crippen LogP contribution is 2.47. The van der Waals surface area contributed by atoms with Gasteiger partial charge >= 0.3 is 6.18 Å². The summed E-state index contributed by atoms with van der Waals surface area (Å²) >= 11 is 5.75. The van der Waals surface area contributed by atoms with E-state index in [0.29, 0.717) is 0 Å². The summed E-state index contributed by atoms with van der Waals surface area (Å²) in [5, 5.41) is 0.104. The third-order valence-electron chi connectivity index (χ3n) is 4.81. The fraction of sp³-hybridized carbons (Fsp3) is 0.333. The molecule has 0 radical (unpaired) electrons. The molecule has 0 unspecified atom stereocenters. The number of hydrogen-bond donors (Lipinski definition) is 2. The van der Waals surface area contributed by atoms with Crippen molar-refractivity contribution in [1.29, 1.82) is 0 Å². The zero-order valence-corrected chi connectivity index (χ0v) is 15.4. The molecule has 1 aromatic carbocycles. The van der Waals surface area contributed by atoms with Crippen LogP contribution in [0.4, 0.5) is 17.6 Å². The Kier molecular flexibility index (Phi) is 5.01. The van der Waals surface area contributed by atoms with Crippen molar-refractivity contribution in [2.45, 2.75) is 24.4 Å². The molecule has 1 aliphatic heterocycles. The number of benzene rings is 1. The summed E-state index contributed by atoms with van der Waals surface area (Å²) in [4.78, 5) is 16.0. The lowest BCUT2D eigenvalue weighted by molar-refractivity contribution is -0.148. The first-order chi connectivity index (χ1) is 13.0. The van der Waals surface area contributed by atoms with E-state index in [1.807, 2.05) is 0 Å². The Labute approximate surface area is 162 Å². The topological polar surface area (TPSA) is 91.2 Å². The Morgan fingerprint density at radius 3 is 2.61 bits per heavy atom. The summed E-state index contributed by atoms with van der Waals surface area (Å²) in [6.45, 7) is 0.467. The fourth-order valence-corrected chi connectivity index (χ4v) is 3.23. The zero-order chi connectivity index (χ0) is 20.9. The minimum Gasteiger partial charge on any atom is -0.489 e. The summed E-state index contributed by atoms with van der Waals surface area (Å²) in [5.74, 6) is -3.69. The summed E-state index contributed by atoms with van der Waals surface area (Å²) in [6, 6.07) is 4.75. The minimum atomic E-state index is -4.69. The Balaban J connectivity index is 2.32. The minimum absolute atomic E-state index is 0.00391. The molecule has 4 N–H and O–H groups in total. The van der Waals surface area contributed by atoms with Crippen LogP contribution in [0.5, 0.6) is 5.75 Å². The molecule has 0 spiro atoms. The van der Waals surface area contributed by atoms with E-state index >= 15 is 0 Å². The molecule has 2 aromatic rings. The van der Waals surface area contributed by atoms with E-state index in [2.05, 4.69) is 4.98 Å². The van der Waals surface area contributed by atoms with E-state index in [1.165, 1.54) is 19.1 Å². The van der Waals surface area contributed by atoms with E-state index in [1.54, 1.807) is 0 Å². The average Bonchev–Trinajstić information content (AvgIpc) is 2.93. The van der Waals surface area contributed by atoms with Gasteiger partial charge in [0, 0.05) is 22.7 Å². The van der Waals surface area contributed by atoms with Gasteiger partial charge in [-0.05, 0) is 31.2 Å². The van der Waals surface area contributed by atoms with Crippen molar-refractivity contribution in [3.8, 4) is 17.0 Å². The quantitative estimate of drug-likeness (QED) is 0.747. The van der Waals surface area contributed by atoms with Gasteiger partial charge in [0.25, 0.3) is 0 Å². The van der Waals surface area contributed by atoms with Crippen LogP contribution in [0.15, 0.2) is 24.3 Å². The Morgan fingerprint density at radius 2 is 2.07 bits per heavy atom. The predicted molar refractivity (Wildman–Crippen MR) is 94.5 cm³/mol. The summed E-state index contributed by atoms with van der Waals surface area (Å²) < 4.78 is 60.3. The number of rotatable bonds is 4. The first-order valence-corrected chi connectivity index (χ1v) is 8.57. The Hall–Kier alpha value is -2.39. The first kappa shape index (κ1) is 20.3. The molecule has 0 saturated heterocycles. The standard InChI is InChI=1S/C18H16ClF4N3O2/c1-17(16(25)27)7-28-15-10(17)5-13(11(6-24)18(21,22)23)26-14(15)9-3-2-8(19)4-12(9)20/h2-5,11H,6-7,24H2,1H3,(H2,25,27)/t11-,17+/m1/s1. The molecule has 0 aliphatic carbocycles. The van der Waals surface area contributed by atoms with E-state index in [9.17, 15) is 22.4 Å². The summed E-state index contributed by atoms with van der Waals surface area (Å²) in [6.07, 6.45) is -4.69. The molecule has 0 bridgehead atoms. The highest BCUT2D eigenvalue weighted by Gasteiger charge is 2.47. The number of fused-ring (bicyclic) bond motifs is 1. The molecular weight excluding hydrogens is 402 g/mol. The lowest BCUT2D eigenvalue weighted by Gasteiger charge is -2.22. The van der Waals surface area contributed by atoms with Gasteiger partial charge in [-0.1, -0.05) is 11.6 Å². The largest absolute Gasteiger partial charge is 0.489 e. The van der Waals surface area contributed by atoms with Crippen LogP contribution in [0.2, 0.25) is 5.02 Å². The summed E-state index contributed by atoms with van der Waals surface area (Å²) in [7, 11) is 0. The number of halogens is 5. The molecular formula is C18H16ClF4N3O2. The predicted octanol–water partition coefficient (Wildman–Crippen LogP) is 3.28. The highest BCUT2D eigenvalue weighted by atomic mass is 35.5. The van der Waals surface area contributed by atoms with Crippen LogP contribution in [0.3, 0.4) is 0 Å². The summed E-state index contributed by atoms with van der Waals surface area (Å²) in [5.41, 5.74) is 8.76. The van der Waals surface area contributed by atoms with Crippen LogP contribution in [-0.4, -0.2) is 30.2 Å². The number of nitrogens with two attached hydrogens (primary N) is 2. The number of ether oxygens (including phenoxy) is 1. The van der Waals surface area contributed by atoms with Crippen molar-refractivity contribution >= 4 is 17.5 Å². The number of pyridine rings is 1. The molecule has 1 aliphatic rings. The lowest BCUT2D eigenvalue weighted by atomic mass is 9.82. The van der Waals surface area contributed by atoms with Crippen LogP contribution in [0, 0.1) is 5.82 Å². The van der Waals surface area contributed by atoms with Crippen LogP contribution in [0.1, 0.15) is 24.1 Å². The maximum absolute atomic E-state index is 14.5. The molecule has 0 fully saturated rings. The second kappa shape index (κ2) is 6.89. The second-order valence-electron chi connectivity index (χ2n) is 6.71. The van der Waals surface area contributed by atoms with Gasteiger partial charge in [-0.3, -0.25) is 4.79 Å². The number of alkyl halides is 3. The smallest absolute Gasteiger partial charge is 0.398 e. The molecule has 2 atom stereocenters. The van der Waals surface area contributed by atoms with Crippen LogP contribution in [0.25, 0.3) is 11.3 Å². The first-order valence-electron chi connectivity index (χ1n) is 8.19. The van der Waals surface area contributed by atoms with Crippen molar-refractivity contribution in [3.05, 3.63) is 46.4 Å². The maximum Gasteiger partial charge on any atom is 0.398 e. The van der Waals surface area contributed by atoms with Gasteiger partial charge in [0.05, 0.1) is 5.69 Å². The fourth-order valence-electron chi connectivity index (χ4n) is 3.07. The monoisotopic (exact) mass is 417 g/mol. The molecule has 3 rings (SSSR count). The van der Waals surface area contributed by atoms with Gasteiger partial charge in [-0.15, -0.1) is 0 Å². The molecule has 1 amide bonds. The van der Waals surface area contributed by atoms with E-state index in [0.717, 1.165) is 12.1 Å². The number of carbonyl (C=O) groups is 1. The van der Waals surface area contributed by atoms with Crippen molar-refractivity contribution in [2.75, 3.05) is 13.2 Å².